The molecule has 0 bridgehead atoms. The molecule has 1 amide bonds. The summed E-state index contributed by atoms with van der Waals surface area (Å²) in [7, 11) is -1.98. The van der Waals surface area contributed by atoms with Crippen molar-refractivity contribution in [2.75, 3.05) is 20.2 Å². The van der Waals surface area contributed by atoms with E-state index in [1.54, 1.807) is 31.4 Å². The van der Waals surface area contributed by atoms with Gasteiger partial charge in [-0.05, 0) is 56.5 Å². The first-order valence-electron chi connectivity index (χ1n) is 9.82. The molecule has 0 aliphatic carbocycles. The molecule has 0 aromatic heterocycles. The van der Waals surface area contributed by atoms with Gasteiger partial charge in [0.05, 0.1) is 24.0 Å². The lowest BCUT2D eigenvalue weighted by Gasteiger charge is -2.32. The summed E-state index contributed by atoms with van der Waals surface area (Å²) in [6, 6.07) is 14.2. The van der Waals surface area contributed by atoms with Gasteiger partial charge in [-0.3, -0.25) is 4.79 Å². The van der Waals surface area contributed by atoms with Crippen LogP contribution in [0.2, 0.25) is 0 Å². The number of hydrogen-bond donors (Lipinski definition) is 1. The Labute approximate surface area is 172 Å². The molecule has 1 fully saturated rings. The Balaban J connectivity index is 1.66. The second-order valence-corrected chi connectivity index (χ2v) is 9.46. The third kappa shape index (κ3) is 4.97. The van der Waals surface area contributed by atoms with Crippen molar-refractivity contribution >= 4 is 15.9 Å². The summed E-state index contributed by atoms with van der Waals surface area (Å²) in [6.07, 6.45) is 1.35. The van der Waals surface area contributed by atoms with Gasteiger partial charge < -0.3 is 10.1 Å². The molecular formula is C22H28N2O4S. The predicted octanol–water partition coefficient (Wildman–Crippen LogP) is 3.28. The second-order valence-electron chi connectivity index (χ2n) is 7.52. The van der Waals surface area contributed by atoms with E-state index in [-0.39, 0.29) is 29.3 Å². The maximum Gasteiger partial charge on any atom is 0.243 e. The summed E-state index contributed by atoms with van der Waals surface area (Å²) in [6.45, 7) is 4.48. The van der Waals surface area contributed by atoms with Gasteiger partial charge in [0.25, 0.3) is 0 Å². The minimum Gasteiger partial charge on any atom is -0.497 e. The highest BCUT2D eigenvalue weighted by Gasteiger charge is 2.33. The van der Waals surface area contributed by atoms with Crippen LogP contribution in [0.25, 0.3) is 0 Å². The SMILES string of the molecule is COc1ccc([C@H](C)NC(=O)[C@H]2CCCN(S(=O)(=O)c3ccc(C)cc3)C2)cc1. The second kappa shape index (κ2) is 8.97. The van der Waals surface area contributed by atoms with E-state index in [0.29, 0.717) is 19.4 Å². The Kier molecular flexibility index (Phi) is 6.59. The highest BCUT2D eigenvalue weighted by Crippen LogP contribution is 2.25. The van der Waals surface area contributed by atoms with Crippen LogP contribution in [0.1, 0.15) is 36.9 Å². The fraction of sp³-hybridized carbons (Fsp3) is 0.409. The molecule has 0 radical (unpaired) electrons. The van der Waals surface area contributed by atoms with Crippen LogP contribution in [0, 0.1) is 12.8 Å². The quantitative estimate of drug-likeness (QED) is 0.784. The molecule has 0 unspecified atom stereocenters. The third-order valence-electron chi connectivity index (χ3n) is 5.39. The number of nitrogens with one attached hydrogen (secondary N) is 1. The van der Waals surface area contributed by atoms with E-state index in [0.717, 1.165) is 16.9 Å². The maximum atomic E-state index is 13.0. The number of nitrogens with zero attached hydrogens (tertiary/aromatic N) is 1. The van der Waals surface area contributed by atoms with E-state index in [1.807, 2.05) is 38.1 Å². The molecule has 1 heterocycles. The summed E-state index contributed by atoms with van der Waals surface area (Å²) in [4.78, 5) is 13.1. The van der Waals surface area contributed by atoms with Crippen molar-refractivity contribution in [3.63, 3.8) is 0 Å². The lowest BCUT2D eigenvalue weighted by Crippen LogP contribution is -2.45. The number of carbonyl (C=O) groups excluding carboxylic acids is 1. The predicted molar refractivity (Wildman–Crippen MR) is 112 cm³/mol. The van der Waals surface area contributed by atoms with E-state index in [1.165, 1.54) is 4.31 Å². The van der Waals surface area contributed by atoms with Crippen LogP contribution < -0.4 is 10.1 Å². The summed E-state index contributed by atoms with van der Waals surface area (Å²) in [5, 5.41) is 3.02. The van der Waals surface area contributed by atoms with E-state index >= 15 is 0 Å². The molecular weight excluding hydrogens is 388 g/mol. The van der Waals surface area contributed by atoms with Crippen LogP contribution in [0.15, 0.2) is 53.4 Å². The highest BCUT2D eigenvalue weighted by molar-refractivity contribution is 7.89. The number of methoxy groups -OCH3 is 1. The van der Waals surface area contributed by atoms with Crippen molar-refractivity contribution in [3.05, 3.63) is 59.7 Å². The highest BCUT2D eigenvalue weighted by atomic mass is 32.2. The fourth-order valence-corrected chi connectivity index (χ4v) is 5.07. The average molecular weight is 417 g/mol. The maximum absolute atomic E-state index is 13.0. The van der Waals surface area contributed by atoms with Gasteiger partial charge in [-0.25, -0.2) is 8.42 Å². The largest absolute Gasteiger partial charge is 0.497 e. The van der Waals surface area contributed by atoms with Crippen molar-refractivity contribution < 1.29 is 17.9 Å². The Morgan fingerprint density at radius 1 is 1.14 bits per heavy atom. The van der Waals surface area contributed by atoms with E-state index in [2.05, 4.69) is 5.32 Å². The molecule has 0 saturated carbocycles. The summed E-state index contributed by atoms with van der Waals surface area (Å²) >= 11 is 0. The van der Waals surface area contributed by atoms with Crippen LogP contribution >= 0.6 is 0 Å². The van der Waals surface area contributed by atoms with Crippen LogP contribution in [0.3, 0.4) is 0 Å². The molecule has 29 heavy (non-hydrogen) atoms. The van der Waals surface area contributed by atoms with Crippen molar-refractivity contribution in [2.24, 2.45) is 5.92 Å². The molecule has 6 nitrogen and oxygen atoms in total. The van der Waals surface area contributed by atoms with Crippen LogP contribution in [-0.2, 0) is 14.8 Å². The number of benzene rings is 2. The monoisotopic (exact) mass is 416 g/mol. The molecule has 3 rings (SSSR count). The topological polar surface area (TPSA) is 75.7 Å². The first kappa shape index (κ1) is 21.3. The zero-order chi connectivity index (χ0) is 21.0. The van der Waals surface area contributed by atoms with Gasteiger partial charge in [0.2, 0.25) is 15.9 Å². The molecule has 2 atom stereocenters. The third-order valence-corrected chi connectivity index (χ3v) is 7.27. The molecule has 0 spiro atoms. The molecule has 1 aliphatic heterocycles. The lowest BCUT2D eigenvalue weighted by molar-refractivity contribution is -0.126. The summed E-state index contributed by atoms with van der Waals surface area (Å²) in [5.41, 5.74) is 1.98. The van der Waals surface area contributed by atoms with Gasteiger partial charge in [0, 0.05) is 13.1 Å². The minimum absolute atomic E-state index is 0.114. The minimum atomic E-state index is -3.59. The number of ether oxygens (including phenoxy) is 1. The Hall–Kier alpha value is -2.38. The van der Waals surface area contributed by atoms with Crippen molar-refractivity contribution in [1.82, 2.24) is 9.62 Å². The van der Waals surface area contributed by atoms with Gasteiger partial charge in [-0.2, -0.15) is 4.31 Å². The molecule has 156 valence electrons. The standard InChI is InChI=1S/C22H28N2O4S/c1-16-6-12-21(13-7-16)29(26,27)24-14-4-5-19(15-24)22(25)23-17(2)18-8-10-20(28-3)11-9-18/h6-13,17,19H,4-5,14-15H2,1-3H3,(H,23,25)/t17-,19-/m0/s1. The zero-order valence-corrected chi connectivity index (χ0v) is 17.9. The number of aryl methyl sites for hydroxylation is 1. The molecule has 1 saturated heterocycles. The van der Waals surface area contributed by atoms with Crippen LogP contribution in [0.4, 0.5) is 0 Å². The number of piperidine rings is 1. The van der Waals surface area contributed by atoms with Gasteiger partial charge in [0.15, 0.2) is 0 Å². The molecule has 7 heteroatoms. The summed E-state index contributed by atoms with van der Waals surface area (Å²) < 4.78 is 32.5. The van der Waals surface area contributed by atoms with E-state index < -0.39 is 10.0 Å². The van der Waals surface area contributed by atoms with Crippen molar-refractivity contribution in [3.8, 4) is 5.75 Å². The van der Waals surface area contributed by atoms with Crippen LogP contribution in [0.5, 0.6) is 5.75 Å². The smallest absolute Gasteiger partial charge is 0.243 e. The number of amides is 1. The van der Waals surface area contributed by atoms with E-state index in [4.69, 9.17) is 4.74 Å². The number of hydrogen-bond acceptors (Lipinski definition) is 4. The van der Waals surface area contributed by atoms with Crippen LogP contribution in [-0.4, -0.2) is 38.8 Å². The van der Waals surface area contributed by atoms with Gasteiger partial charge in [-0.1, -0.05) is 29.8 Å². The zero-order valence-electron chi connectivity index (χ0n) is 17.1. The Bertz CT molecular complexity index is 940. The number of sulfonamides is 1. The Morgan fingerprint density at radius 2 is 1.79 bits per heavy atom. The molecule has 1 aliphatic rings. The molecule has 2 aromatic rings. The first-order valence-corrected chi connectivity index (χ1v) is 11.3. The first-order chi connectivity index (χ1) is 13.8. The lowest BCUT2D eigenvalue weighted by atomic mass is 9.98. The fourth-order valence-electron chi connectivity index (χ4n) is 3.54. The summed E-state index contributed by atoms with van der Waals surface area (Å²) in [5.74, 6) is 0.290. The number of rotatable bonds is 6. The van der Waals surface area contributed by atoms with Gasteiger partial charge >= 0.3 is 0 Å². The Morgan fingerprint density at radius 3 is 2.41 bits per heavy atom. The van der Waals surface area contributed by atoms with E-state index in [9.17, 15) is 13.2 Å². The normalized spacial score (nSPS) is 18.8. The molecule has 2 aromatic carbocycles. The molecule has 1 N–H and O–H groups in total. The average Bonchev–Trinajstić information content (AvgIpc) is 2.74. The van der Waals surface area contributed by atoms with Gasteiger partial charge in [-0.15, -0.1) is 0 Å². The van der Waals surface area contributed by atoms with Gasteiger partial charge in [0.1, 0.15) is 5.75 Å². The number of carbonyl (C=O) groups is 1. The van der Waals surface area contributed by atoms with Crippen molar-refractivity contribution in [2.45, 2.75) is 37.6 Å². The van der Waals surface area contributed by atoms with Crippen molar-refractivity contribution in [1.29, 1.82) is 0 Å².